The van der Waals surface area contributed by atoms with E-state index in [0.29, 0.717) is 54.0 Å². The van der Waals surface area contributed by atoms with E-state index in [1.54, 1.807) is 18.0 Å². The lowest BCUT2D eigenvalue weighted by molar-refractivity contribution is 0.122. The minimum atomic E-state index is -0.307. The number of aromatic nitrogens is 4. The zero-order valence-electron chi connectivity index (χ0n) is 14.1. The van der Waals surface area contributed by atoms with Crippen molar-refractivity contribution >= 4 is 29.2 Å². The van der Waals surface area contributed by atoms with Gasteiger partial charge < -0.3 is 14.4 Å². The van der Waals surface area contributed by atoms with Gasteiger partial charge in [-0.2, -0.15) is 4.98 Å². The van der Waals surface area contributed by atoms with Crippen LogP contribution in [0.25, 0.3) is 16.7 Å². The minimum Gasteiger partial charge on any atom is -0.495 e. The SMILES string of the molecule is COc1ccccc1-n1cnc2nc(N3CCOCC3)[nH]c(=O)c2c1=S. The Bertz CT molecular complexity index is 1070. The van der Waals surface area contributed by atoms with Crippen LogP contribution >= 0.6 is 12.2 Å². The van der Waals surface area contributed by atoms with Crippen LogP contribution in [-0.4, -0.2) is 52.9 Å². The molecule has 0 radical (unpaired) electrons. The molecule has 2 aromatic heterocycles. The molecule has 8 nitrogen and oxygen atoms in total. The zero-order valence-corrected chi connectivity index (χ0v) is 15.0. The molecule has 0 aliphatic carbocycles. The summed E-state index contributed by atoms with van der Waals surface area (Å²) >= 11 is 5.54. The summed E-state index contributed by atoms with van der Waals surface area (Å²) in [7, 11) is 1.58. The fourth-order valence-electron chi connectivity index (χ4n) is 2.95. The van der Waals surface area contributed by atoms with Gasteiger partial charge in [0.25, 0.3) is 5.56 Å². The normalized spacial score (nSPS) is 14.6. The van der Waals surface area contributed by atoms with Gasteiger partial charge in [-0.1, -0.05) is 24.4 Å². The van der Waals surface area contributed by atoms with Gasteiger partial charge in [-0.05, 0) is 12.1 Å². The number of hydrogen-bond donors (Lipinski definition) is 1. The van der Waals surface area contributed by atoms with Gasteiger partial charge in [-0.3, -0.25) is 14.3 Å². The van der Waals surface area contributed by atoms with Gasteiger partial charge in [0.2, 0.25) is 5.95 Å². The average Bonchev–Trinajstić information content (AvgIpc) is 2.68. The van der Waals surface area contributed by atoms with Crippen molar-refractivity contribution in [1.29, 1.82) is 0 Å². The van der Waals surface area contributed by atoms with Crippen LogP contribution in [0, 0.1) is 4.64 Å². The molecule has 1 saturated heterocycles. The number of aromatic amines is 1. The van der Waals surface area contributed by atoms with Gasteiger partial charge in [0.1, 0.15) is 22.1 Å². The average molecular weight is 371 g/mol. The fraction of sp³-hybridized carbons (Fsp3) is 0.294. The lowest BCUT2D eigenvalue weighted by Crippen LogP contribution is -2.38. The minimum absolute atomic E-state index is 0.283. The van der Waals surface area contributed by atoms with Crippen LogP contribution in [0.4, 0.5) is 5.95 Å². The second kappa shape index (κ2) is 6.85. The largest absolute Gasteiger partial charge is 0.495 e. The van der Waals surface area contributed by atoms with E-state index in [4.69, 9.17) is 21.7 Å². The lowest BCUT2D eigenvalue weighted by atomic mass is 10.3. The molecule has 26 heavy (non-hydrogen) atoms. The smallest absolute Gasteiger partial charge is 0.264 e. The maximum absolute atomic E-state index is 12.7. The second-order valence-corrected chi connectivity index (χ2v) is 6.17. The molecule has 1 fully saturated rings. The number of ether oxygens (including phenoxy) is 2. The molecule has 1 aliphatic rings. The Balaban J connectivity index is 1.87. The van der Waals surface area contributed by atoms with Crippen LogP contribution in [0.3, 0.4) is 0 Å². The first-order chi connectivity index (χ1) is 12.7. The molecule has 0 amide bonds. The van der Waals surface area contributed by atoms with E-state index in [9.17, 15) is 4.79 Å². The molecular weight excluding hydrogens is 354 g/mol. The monoisotopic (exact) mass is 371 g/mol. The number of hydrogen-bond acceptors (Lipinski definition) is 7. The molecular formula is C17H17N5O3S. The van der Waals surface area contributed by atoms with E-state index >= 15 is 0 Å². The van der Waals surface area contributed by atoms with E-state index in [2.05, 4.69) is 15.0 Å². The topological polar surface area (TPSA) is 85.3 Å². The van der Waals surface area contributed by atoms with Crippen molar-refractivity contribution < 1.29 is 9.47 Å². The van der Waals surface area contributed by atoms with E-state index in [-0.39, 0.29) is 10.9 Å². The summed E-state index contributed by atoms with van der Waals surface area (Å²) in [5.74, 6) is 1.13. The molecule has 1 aliphatic heterocycles. The summed E-state index contributed by atoms with van der Waals surface area (Å²) in [5.41, 5.74) is 0.732. The number of morpholine rings is 1. The number of para-hydroxylation sites is 2. The predicted molar refractivity (Wildman–Crippen MR) is 99.9 cm³/mol. The highest BCUT2D eigenvalue weighted by Crippen LogP contribution is 2.23. The Hall–Kier alpha value is -2.78. The summed E-state index contributed by atoms with van der Waals surface area (Å²) in [6.45, 7) is 2.54. The summed E-state index contributed by atoms with van der Waals surface area (Å²) in [6.07, 6.45) is 1.57. The van der Waals surface area contributed by atoms with Crippen LogP contribution in [0.5, 0.6) is 5.75 Å². The van der Waals surface area contributed by atoms with Gasteiger partial charge in [-0.25, -0.2) is 4.98 Å². The maximum Gasteiger partial charge on any atom is 0.264 e. The maximum atomic E-state index is 12.7. The summed E-state index contributed by atoms with van der Waals surface area (Å²) in [4.78, 5) is 26.3. The van der Waals surface area contributed by atoms with Crippen molar-refractivity contribution in [3.05, 3.63) is 45.6 Å². The molecule has 0 atom stereocenters. The molecule has 0 unspecified atom stereocenters. The molecule has 1 N–H and O–H groups in total. The van der Waals surface area contributed by atoms with Crippen LogP contribution < -0.4 is 15.2 Å². The van der Waals surface area contributed by atoms with Gasteiger partial charge >= 0.3 is 0 Å². The number of anilines is 1. The molecule has 134 valence electrons. The van der Waals surface area contributed by atoms with Crippen LogP contribution in [0.2, 0.25) is 0 Å². The summed E-state index contributed by atoms with van der Waals surface area (Å²) < 4.78 is 12.7. The Kier molecular flexibility index (Phi) is 4.39. The lowest BCUT2D eigenvalue weighted by Gasteiger charge is -2.27. The summed E-state index contributed by atoms with van der Waals surface area (Å²) in [5, 5.41) is 0.283. The quantitative estimate of drug-likeness (QED) is 0.701. The van der Waals surface area contributed by atoms with E-state index in [1.807, 2.05) is 29.2 Å². The van der Waals surface area contributed by atoms with Gasteiger partial charge in [0.05, 0.1) is 26.0 Å². The van der Waals surface area contributed by atoms with Crippen molar-refractivity contribution in [1.82, 2.24) is 19.5 Å². The van der Waals surface area contributed by atoms with E-state index < -0.39 is 0 Å². The van der Waals surface area contributed by atoms with Crippen molar-refractivity contribution in [2.75, 3.05) is 38.3 Å². The standard InChI is InChI=1S/C17H17N5O3S/c1-24-12-5-3-2-4-11(12)22-10-18-14-13(16(22)26)15(23)20-17(19-14)21-6-8-25-9-7-21/h2-5,10H,6-9H2,1H3,(H,19,20,23). The van der Waals surface area contributed by atoms with Gasteiger partial charge in [0.15, 0.2) is 5.65 Å². The van der Waals surface area contributed by atoms with Crippen molar-refractivity contribution in [3.63, 3.8) is 0 Å². The highest BCUT2D eigenvalue weighted by Gasteiger charge is 2.17. The van der Waals surface area contributed by atoms with Crippen molar-refractivity contribution in [2.24, 2.45) is 0 Å². The molecule has 1 aromatic carbocycles. The van der Waals surface area contributed by atoms with Crippen molar-refractivity contribution in [2.45, 2.75) is 0 Å². The molecule has 3 aromatic rings. The number of methoxy groups -OCH3 is 1. The Morgan fingerprint density at radius 1 is 1.27 bits per heavy atom. The number of nitrogens with zero attached hydrogens (tertiary/aromatic N) is 4. The molecule has 9 heteroatoms. The predicted octanol–water partition coefficient (Wildman–Crippen LogP) is 1.68. The Labute approximate surface area is 154 Å². The summed E-state index contributed by atoms with van der Waals surface area (Å²) in [6, 6.07) is 7.41. The number of benzene rings is 1. The number of nitrogens with one attached hydrogen (secondary N) is 1. The number of fused-ring (bicyclic) bond motifs is 1. The van der Waals surface area contributed by atoms with Gasteiger partial charge in [-0.15, -0.1) is 0 Å². The molecule has 0 spiro atoms. The third kappa shape index (κ3) is 2.85. The first-order valence-corrected chi connectivity index (χ1v) is 8.57. The van der Waals surface area contributed by atoms with Crippen LogP contribution in [0.15, 0.2) is 35.4 Å². The van der Waals surface area contributed by atoms with Crippen LogP contribution in [0.1, 0.15) is 0 Å². The molecule has 0 saturated carbocycles. The Morgan fingerprint density at radius 2 is 2.04 bits per heavy atom. The highest BCUT2D eigenvalue weighted by atomic mass is 32.1. The second-order valence-electron chi connectivity index (χ2n) is 5.78. The molecule has 4 rings (SSSR count). The number of H-pyrrole nitrogens is 1. The third-order valence-corrected chi connectivity index (χ3v) is 4.67. The zero-order chi connectivity index (χ0) is 18.1. The van der Waals surface area contributed by atoms with Crippen molar-refractivity contribution in [3.8, 4) is 11.4 Å². The number of rotatable bonds is 3. The highest BCUT2D eigenvalue weighted by molar-refractivity contribution is 7.71. The Morgan fingerprint density at radius 3 is 2.81 bits per heavy atom. The van der Waals surface area contributed by atoms with Gasteiger partial charge in [0, 0.05) is 13.1 Å². The first-order valence-electron chi connectivity index (χ1n) is 8.17. The van der Waals surface area contributed by atoms with E-state index in [0.717, 1.165) is 0 Å². The van der Waals surface area contributed by atoms with Crippen LogP contribution in [-0.2, 0) is 4.74 Å². The molecule has 3 heterocycles. The fourth-order valence-corrected chi connectivity index (χ4v) is 3.28. The molecule has 0 bridgehead atoms. The first kappa shape index (κ1) is 16.7. The third-order valence-electron chi connectivity index (χ3n) is 4.27. The van der Waals surface area contributed by atoms with E-state index in [1.165, 1.54) is 0 Å².